The van der Waals surface area contributed by atoms with E-state index in [4.69, 9.17) is 0 Å². The number of aromatic nitrogens is 1. The van der Waals surface area contributed by atoms with Crippen molar-refractivity contribution in [1.29, 1.82) is 0 Å². The van der Waals surface area contributed by atoms with E-state index >= 15 is 0 Å². The molecule has 6 heteroatoms. The van der Waals surface area contributed by atoms with Crippen molar-refractivity contribution < 1.29 is 0 Å². The first-order valence-corrected chi connectivity index (χ1v) is 9.46. The van der Waals surface area contributed by atoms with Crippen LogP contribution in [-0.4, -0.2) is 56.1 Å². The summed E-state index contributed by atoms with van der Waals surface area (Å²) in [5, 5.41) is 8.03. The van der Waals surface area contributed by atoms with E-state index in [9.17, 15) is 0 Å². The first kappa shape index (κ1) is 18.2. The number of rotatable bonds is 6. The molecule has 2 heterocycles. The number of nitrogens with one attached hydrogen (secondary N) is 2. The van der Waals surface area contributed by atoms with E-state index in [1.165, 1.54) is 42.2 Å². The van der Waals surface area contributed by atoms with Crippen LogP contribution in [0.1, 0.15) is 34.8 Å². The Bertz CT molecular complexity index is 484. The number of likely N-dealkylation sites (tertiary alicyclic amines) is 1. The quantitative estimate of drug-likeness (QED) is 0.617. The van der Waals surface area contributed by atoms with E-state index in [0.717, 1.165) is 37.1 Å². The van der Waals surface area contributed by atoms with Gasteiger partial charge in [0, 0.05) is 31.4 Å². The van der Waals surface area contributed by atoms with Gasteiger partial charge in [-0.2, -0.15) is 0 Å². The van der Waals surface area contributed by atoms with Crippen LogP contribution in [0.4, 0.5) is 0 Å². The molecule has 0 unspecified atom stereocenters. The van der Waals surface area contributed by atoms with Crippen LogP contribution < -0.4 is 10.6 Å². The van der Waals surface area contributed by atoms with Gasteiger partial charge in [-0.05, 0) is 59.2 Å². The van der Waals surface area contributed by atoms with Crippen LogP contribution in [0.15, 0.2) is 4.99 Å². The van der Waals surface area contributed by atoms with Gasteiger partial charge in [0.05, 0.1) is 10.7 Å². The predicted molar refractivity (Wildman–Crippen MR) is 99.5 cm³/mol. The van der Waals surface area contributed by atoms with Crippen molar-refractivity contribution in [1.82, 2.24) is 20.5 Å². The smallest absolute Gasteiger partial charge is 0.190 e. The van der Waals surface area contributed by atoms with Gasteiger partial charge in [0.25, 0.3) is 0 Å². The predicted octanol–water partition coefficient (Wildman–Crippen LogP) is 2.20. The monoisotopic (exact) mass is 337 g/mol. The summed E-state index contributed by atoms with van der Waals surface area (Å²) in [6, 6.07) is 0. The number of aliphatic imine (C=N–C) groups is 1. The molecule has 0 atom stereocenters. The summed E-state index contributed by atoms with van der Waals surface area (Å²) in [5.74, 6) is 1.76. The Morgan fingerprint density at radius 3 is 2.57 bits per heavy atom. The standard InChI is InChI=1S/C17H31N5S/c1-13-14(2)23-16(21-13)6-10-20-17(18-3)19-9-5-15-7-11-22(4)12-8-15/h15H,5-12H2,1-4H3,(H2,18,19,20). The van der Waals surface area contributed by atoms with Gasteiger partial charge in [-0.25, -0.2) is 4.98 Å². The van der Waals surface area contributed by atoms with Gasteiger partial charge in [0.2, 0.25) is 0 Å². The highest BCUT2D eigenvalue weighted by Crippen LogP contribution is 2.18. The number of hydrogen-bond acceptors (Lipinski definition) is 4. The summed E-state index contributed by atoms with van der Waals surface area (Å²) in [6.07, 6.45) is 4.84. The Balaban J connectivity index is 1.61. The summed E-state index contributed by atoms with van der Waals surface area (Å²) < 4.78 is 0. The van der Waals surface area contributed by atoms with Crippen LogP contribution in [0, 0.1) is 19.8 Å². The van der Waals surface area contributed by atoms with Crippen molar-refractivity contribution in [3.8, 4) is 0 Å². The van der Waals surface area contributed by atoms with Gasteiger partial charge in [-0.1, -0.05) is 0 Å². The number of nitrogens with zero attached hydrogens (tertiary/aromatic N) is 3. The highest BCUT2D eigenvalue weighted by molar-refractivity contribution is 7.11. The number of aryl methyl sites for hydroxylation is 2. The normalized spacial score (nSPS) is 17.5. The third-order valence-electron chi connectivity index (χ3n) is 4.61. The van der Waals surface area contributed by atoms with Crippen molar-refractivity contribution in [2.45, 2.75) is 39.5 Å². The van der Waals surface area contributed by atoms with Gasteiger partial charge in [0.15, 0.2) is 5.96 Å². The van der Waals surface area contributed by atoms with E-state index in [-0.39, 0.29) is 0 Å². The lowest BCUT2D eigenvalue weighted by Gasteiger charge is -2.29. The molecule has 1 aliphatic heterocycles. The number of hydrogen-bond donors (Lipinski definition) is 2. The molecule has 1 fully saturated rings. The second kappa shape index (κ2) is 9.23. The Morgan fingerprint density at radius 2 is 1.96 bits per heavy atom. The highest BCUT2D eigenvalue weighted by Gasteiger charge is 2.16. The third kappa shape index (κ3) is 6.11. The number of thiazole rings is 1. The van der Waals surface area contributed by atoms with E-state index in [2.05, 4.69) is 46.4 Å². The van der Waals surface area contributed by atoms with Crippen LogP contribution in [0.5, 0.6) is 0 Å². The summed E-state index contributed by atoms with van der Waals surface area (Å²) in [6.45, 7) is 8.57. The lowest BCUT2D eigenvalue weighted by molar-refractivity contribution is 0.213. The molecule has 0 amide bonds. The second-order valence-electron chi connectivity index (χ2n) is 6.46. The fourth-order valence-corrected chi connectivity index (χ4v) is 3.83. The van der Waals surface area contributed by atoms with Crippen molar-refractivity contribution >= 4 is 17.3 Å². The molecular weight excluding hydrogens is 306 g/mol. The van der Waals surface area contributed by atoms with Crippen LogP contribution in [0.3, 0.4) is 0 Å². The summed E-state index contributed by atoms with van der Waals surface area (Å²) >= 11 is 1.80. The van der Waals surface area contributed by atoms with Crippen molar-refractivity contribution in [2.75, 3.05) is 40.3 Å². The SMILES string of the molecule is CN=C(NCCc1nc(C)c(C)s1)NCCC1CCN(C)CC1. The van der Waals surface area contributed by atoms with Crippen LogP contribution in [-0.2, 0) is 6.42 Å². The van der Waals surface area contributed by atoms with Crippen LogP contribution in [0.2, 0.25) is 0 Å². The van der Waals surface area contributed by atoms with Crippen molar-refractivity contribution in [3.63, 3.8) is 0 Å². The van der Waals surface area contributed by atoms with Gasteiger partial charge in [-0.15, -0.1) is 11.3 Å². The maximum absolute atomic E-state index is 4.58. The topological polar surface area (TPSA) is 52.6 Å². The Kier molecular flexibility index (Phi) is 7.30. The Labute approximate surface area is 144 Å². The minimum Gasteiger partial charge on any atom is -0.356 e. The van der Waals surface area contributed by atoms with Crippen LogP contribution in [0.25, 0.3) is 0 Å². The molecule has 1 aromatic heterocycles. The molecule has 23 heavy (non-hydrogen) atoms. The molecule has 2 N–H and O–H groups in total. The maximum Gasteiger partial charge on any atom is 0.190 e. The van der Waals surface area contributed by atoms with Gasteiger partial charge in [-0.3, -0.25) is 4.99 Å². The molecule has 0 aliphatic carbocycles. The second-order valence-corrected chi connectivity index (χ2v) is 7.75. The van der Waals surface area contributed by atoms with Gasteiger partial charge >= 0.3 is 0 Å². The molecule has 1 saturated heterocycles. The van der Waals surface area contributed by atoms with Gasteiger partial charge < -0.3 is 15.5 Å². The first-order chi connectivity index (χ1) is 11.1. The molecule has 1 aromatic rings. The molecule has 1 aliphatic rings. The van der Waals surface area contributed by atoms with Crippen molar-refractivity contribution in [3.05, 3.63) is 15.6 Å². The molecule has 0 bridgehead atoms. The van der Waals surface area contributed by atoms with E-state index < -0.39 is 0 Å². The zero-order valence-corrected chi connectivity index (χ0v) is 15.8. The zero-order chi connectivity index (χ0) is 16.7. The maximum atomic E-state index is 4.58. The molecule has 0 saturated carbocycles. The fourth-order valence-electron chi connectivity index (χ4n) is 2.90. The molecular formula is C17H31N5S. The summed E-state index contributed by atoms with van der Waals surface area (Å²) in [7, 11) is 4.05. The van der Waals surface area contributed by atoms with Crippen molar-refractivity contribution in [2.24, 2.45) is 10.9 Å². The number of piperidine rings is 1. The fraction of sp³-hybridized carbons (Fsp3) is 0.765. The van der Waals surface area contributed by atoms with Crippen LogP contribution >= 0.6 is 11.3 Å². The summed E-state index contributed by atoms with van der Waals surface area (Å²) in [5.41, 5.74) is 1.16. The summed E-state index contributed by atoms with van der Waals surface area (Å²) in [4.78, 5) is 12.6. The largest absolute Gasteiger partial charge is 0.356 e. The Hall–Kier alpha value is -1.14. The molecule has 130 valence electrons. The molecule has 2 rings (SSSR count). The average molecular weight is 338 g/mol. The lowest BCUT2D eigenvalue weighted by Crippen LogP contribution is -2.39. The van der Waals surface area contributed by atoms with E-state index in [1.807, 2.05) is 7.05 Å². The minimum absolute atomic E-state index is 0.859. The van der Waals surface area contributed by atoms with Gasteiger partial charge in [0.1, 0.15) is 0 Å². The highest BCUT2D eigenvalue weighted by atomic mass is 32.1. The average Bonchev–Trinajstić information content (AvgIpc) is 2.86. The molecule has 0 radical (unpaired) electrons. The lowest BCUT2D eigenvalue weighted by atomic mass is 9.94. The third-order valence-corrected chi connectivity index (χ3v) is 5.74. The zero-order valence-electron chi connectivity index (χ0n) is 15.0. The minimum atomic E-state index is 0.859. The molecule has 0 aromatic carbocycles. The molecule has 5 nitrogen and oxygen atoms in total. The van der Waals surface area contributed by atoms with E-state index in [0.29, 0.717) is 0 Å². The Morgan fingerprint density at radius 1 is 1.26 bits per heavy atom. The van der Waals surface area contributed by atoms with E-state index in [1.54, 1.807) is 11.3 Å². The molecule has 0 spiro atoms. The number of guanidine groups is 1. The first-order valence-electron chi connectivity index (χ1n) is 8.64.